The lowest BCUT2D eigenvalue weighted by Gasteiger charge is -2.12. The molecule has 1 aromatic carbocycles. The summed E-state index contributed by atoms with van der Waals surface area (Å²) in [4.78, 5) is 9.97. The lowest BCUT2D eigenvalue weighted by atomic mass is 9.94. The Bertz CT molecular complexity index is 256. The molecular formula is C14H22O. The predicted octanol–water partition coefficient (Wildman–Crippen LogP) is 3.87. The van der Waals surface area contributed by atoms with Crippen molar-refractivity contribution in [2.75, 3.05) is 0 Å². The molecular weight excluding hydrogens is 184 g/mol. The van der Waals surface area contributed by atoms with Crippen LogP contribution in [0.15, 0.2) is 30.3 Å². The zero-order valence-corrected chi connectivity index (χ0v) is 10.3. The molecule has 0 saturated heterocycles. The van der Waals surface area contributed by atoms with Gasteiger partial charge < -0.3 is 4.79 Å². The van der Waals surface area contributed by atoms with Gasteiger partial charge in [0.05, 0.1) is 0 Å². The SMILES string of the molecule is CCC(C)(C)C.O=CCc1ccccc1. The Morgan fingerprint density at radius 1 is 1.13 bits per heavy atom. The summed E-state index contributed by atoms with van der Waals surface area (Å²) >= 11 is 0. The Hall–Kier alpha value is -1.11. The van der Waals surface area contributed by atoms with Crippen molar-refractivity contribution in [1.82, 2.24) is 0 Å². The van der Waals surface area contributed by atoms with Crippen molar-refractivity contribution in [1.29, 1.82) is 0 Å². The van der Waals surface area contributed by atoms with E-state index < -0.39 is 0 Å². The largest absolute Gasteiger partial charge is 0.303 e. The van der Waals surface area contributed by atoms with Gasteiger partial charge in [0.1, 0.15) is 6.29 Å². The molecule has 0 aliphatic heterocycles. The number of hydrogen-bond donors (Lipinski definition) is 0. The van der Waals surface area contributed by atoms with E-state index in [1.54, 1.807) is 0 Å². The van der Waals surface area contributed by atoms with Gasteiger partial charge in [-0.3, -0.25) is 0 Å². The van der Waals surface area contributed by atoms with Gasteiger partial charge in [-0.1, -0.05) is 64.4 Å². The number of carbonyl (C=O) groups excluding carboxylic acids is 1. The van der Waals surface area contributed by atoms with Crippen LogP contribution in [-0.2, 0) is 11.2 Å². The molecule has 1 heteroatoms. The van der Waals surface area contributed by atoms with Gasteiger partial charge >= 0.3 is 0 Å². The number of benzene rings is 1. The van der Waals surface area contributed by atoms with E-state index in [1.165, 1.54) is 6.42 Å². The van der Waals surface area contributed by atoms with E-state index in [1.807, 2.05) is 30.3 Å². The van der Waals surface area contributed by atoms with Crippen molar-refractivity contribution >= 4 is 6.29 Å². The minimum atomic E-state index is 0.529. The Kier molecular flexibility index (Phi) is 6.68. The highest BCUT2D eigenvalue weighted by atomic mass is 16.1. The van der Waals surface area contributed by atoms with E-state index in [4.69, 9.17) is 0 Å². The lowest BCUT2D eigenvalue weighted by Crippen LogP contribution is -2.00. The van der Waals surface area contributed by atoms with E-state index in [0.29, 0.717) is 11.8 Å². The molecule has 0 aromatic heterocycles. The van der Waals surface area contributed by atoms with Crippen molar-refractivity contribution in [2.45, 2.75) is 40.5 Å². The van der Waals surface area contributed by atoms with Crippen molar-refractivity contribution in [3.05, 3.63) is 35.9 Å². The summed E-state index contributed by atoms with van der Waals surface area (Å²) in [5.74, 6) is 0. The van der Waals surface area contributed by atoms with Crippen LogP contribution in [0.1, 0.15) is 39.7 Å². The van der Waals surface area contributed by atoms with Gasteiger partial charge in [-0.05, 0) is 11.0 Å². The second-order valence-electron chi connectivity index (χ2n) is 4.77. The van der Waals surface area contributed by atoms with E-state index in [9.17, 15) is 4.79 Å². The quantitative estimate of drug-likeness (QED) is 0.671. The van der Waals surface area contributed by atoms with Crippen LogP contribution in [0.4, 0.5) is 0 Å². The molecule has 0 fully saturated rings. The summed E-state index contributed by atoms with van der Waals surface area (Å²) in [6.07, 6.45) is 2.71. The third kappa shape index (κ3) is 9.20. The van der Waals surface area contributed by atoms with Crippen LogP contribution in [0.2, 0.25) is 0 Å². The highest BCUT2D eigenvalue weighted by Crippen LogP contribution is 2.16. The topological polar surface area (TPSA) is 17.1 Å². The Morgan fingerprint density at radius 3 is 1.93 bits per heavy atom. The first-order valence-corrected chi connectivity index (χ1v) is 5.47. The molecule has 0 saturated carbocycles. The molecule has 0 bridgehead atoms. The first-order valence-electron chi connectivity index (χ1n) is 5.47. The first kappa shape index (κ1) is 13.9. The van der Waals surface area contributed by atoms with Crippen molar-refractivity contribution in [3.63, 3.8) is 0 Å². The fourth-order valence-electron chi connectivity index (χ4n) is 0.710. The Morgan fingerprint density at radius 2 is 1.60 bits per heavy atom. The standard InChI is InChI=1S/C8H8O.C6H14/c9-7-6-8-4-2-1-3-5-8;1-5-6(2,3)4/h1-5,7H,6H2;5H2,1-4H3. The second-order valence-corrected chi connectivity index (χ2v) is 4.77. The summed E-state index contributed by atoms with van der Waals surface area (Å²) in [7, 11) is 0. The Balaban J connectivity index is 0.000000288. The molecule has 84 valence electrons. The van der Waals surface area contributed by atoms with Crippen LogP contribution < -0.4 is 0 Å². The number of carbonyl (C=O) groups is 1. The highest BCUT2D eigenvalue weighted by molar-refractivity contribution is 5.54. The van der Waals surface area contributed by atoms with E-state index in [-0.39, 0.29) is 0 Å². The molecule has 1 aromatic rings. The summed E-state index contributed by atoms with van der Waals surface area (Å²) < 4.78 is 0. The number of aldehydes is 1. The molecule has 0 amide bonds. The summed E-state index contributed by atoms with van der Waals surface area (Å²) in [5.41, 5.74) is 1.62. The Labute approximate surface area is 93.5 Å². The van der Waals surface area contributed by atoms with Crippen molar-refractivity contribution < 1.29 is 4.79 Å². The monoisotopic (exact) mass is 206 g/mol. The van der Waals surface area contributed by atoms with Crippen LogP contribution in [0, 0.1) is 5.41 Å². The summed E-state index contributed by atoms with van der Waals surface area (Å²) in [6.45, 7) is 8.94. The third-order valence-corrected chi connectivity index (χ3v) is 2.22. The average Bonchev–Trinajstić information content (AvgIpc) is 2.20. The van der Waals surface area contributed by atoms with E-state index >= 15 is 0 Å². The van der Waals surface area contributed by atoms with Gasteiger partial charge in [0, 0.05) is 6.42 Å². The zero-order valence-electron chi connectivity index (χ0n) is 10.3. The van der Waals surface area contributed by atoms with Gasteiger partial charge in [-0.2, -0.15) is 0 Å². The molecule has 1 rings (SSSR count). The average molecular weight is 206 g/mol. The third-order valence-electron chi connectivity index (χ3n) is 2.22. The second kappa shape index (κ2) is 7.22. The zero-order chi connectivity index (χ0) is 11.7. The molecule has 0 radical (unpaired) electrons. The van der Waals surface area contributed by atoms with Gasteiger partial charge in [-0.25, -0.2) is 0 Å². The predicted molar refractivity (Wildman–Crippen MR) is 66.0 cm³/mol. The van der Waals surface area contributed by atoms with Crippen LogP contribution in [-0.4, -0.2) is 6.29 Å². The van der Waals surface area contributed by atoms with Gasteiger partial charge in [0.15, 0.2) is 0 Å². The fraction of sp³-hybridized carbons (Fsp3) is 0.500. The van der Waals surface area contributed by atoms with Crippen LogP contribution in [0.5, 0.6) is 0 Å². The molecule has 0 atom stereocenters. The normalized spacial score (nSPS) is 10.1. The molecule has 15 heavy (non-hydrogen) atoms. The maximum Gasteiger partial charge on any atom is 0.124 e. The van der Waals surface area contributed by atoms with Gasteiger partial charge in [0.25, 0.3) is 0 Å². The molecule has 0 spiro atoms. The molecule has 0 aliphatic carbocycles. The minimum absolute atomic E-state index is 0.529. The van der Waals surface area contributed by atoms with Crippen molar-refractivity contribution in [3.8, 4) is 0 Å². The minimum Gasteiger partial charge on any atom is -0.303 e. The fourth-order valence-corrected chi connectivity index (χ4v) is 0.710. The van der Waals surface area contributed by atoms with Gasteiger partial charge in [-0.15, -0.1) is 0 Å². The summed E-state index contributed by atoms with van der Waals surface area (Å²) in [6, 6.07) is 9.68. The number of rotatable bonds is 2. The summed E-state index contributed by atoms with van der Waals surface area (Å²) in [5, 5.41) is 0. The van der Waals surface area contributed by atoms with Crippen LogP contribution >= 0.6 is 0 Å². The van der Waals surface area contributed by atoms with E-state index in [0.717, 1.165) is 11.8 Å². The molecule has 1 nitrogen and oxygen atoms in total. The van der Waals surface area contributed by atoms with Crippen molar-refractivity contribution in [2.24, 2.45) is 5.41 Å². The maximum absolute atomic E-state index is 9.97. The first-order chi connectivity index (χ1) is 6.99. The number of hydrogen-bond acceptors (Lipinski definition) is 1. The maximum atomic E-state index is 9.97. The molecule has 0 aliphatic rings. The lowest BCUT2D eigenvalue weighted by molar-refractivity contribution is -0.107. The smallest absolute Gasteiger partial charge is 0.124 e. The van der Waals surface area contributed by atoms with Crippen LogP contribution in [0.3, 0.4) is 0 Å². The molecule has 0 heterocycles. The van der Waals surface area contributed by atoms with Crippen LogP contribution in [0.25, 0.3) is 0 Å². The molecule has 0 unspecified atom stereocenters. The molecule has 0 N–H and O–H groups in total. The van der Waals surface area contributed by atoms with E-state index in [2.05, 4.69) is 27.7 Å². The highest BCUT2D eigenvalue weighted by Gasteiger charge is 2.03. The van der Waals surface area contributed by atoms with Gasteiger partial charge in [0.2, 0.25) is 0 Å².